The van der Waals surface area contributed by atoms with E-state index in [1.165, 1.54) is 0 Å². The fraction of sp³-hybridized carbons (Fsp3) is 0.545. The second-order valence-electron chi connectivity index (χ2n) is 3.89. The predicted molar refractivity (Wildman–Crippen MR) is 59.4 cm³/mol. The number of hydrogen-bond donors (Lipinski definition) is 2. The van der Waals surface area contributed by atoms with Gasteiger partial charge in [-0.25, -0.2) is 0 Å². The monoisotopic (exact) mass is 207 g/mol. The van der Waals surface area contributed by atoms with Crippen LogP contribution in [0.4, 0.5) is 5.69 Å². The van der Waals surface area contributed by atoms with Gasteiger partial charge < -0.3 is 15.8 Å². The molecule has 1 aromatic heterocycles. The van der Waals surface area contributed by atoms with E-state index in [1.807, 2.05) is 19.3 Å². The highest BCUT2D eigenvalue weighted by Crippen LogP contribution is 2.30. The van der Waals surface area contributed by atoms with Gasteiger partial charge in [0, 0.05) is 42.2 Å². The van der Waals surface area contributed by atoms with E-state index in [2.05, 4.69) is 10.3 Å². The van der Waals surface area contributed by atoms with Crippen molar-refractivity contribution in [3.63, 3.8) is 0 Å². The lowest BCUT2D eigenvalue weighted by atomic mass is 9.92. The van der Waals surface area contributed by atoms with Gasteiger partial charge in [-0.05, 0) is 19.5 Å². The minimum atomic E-state index is 0.251. The summed E-state index contributed by atoms with van der Waals surface area (Å²) < 4.78 is 5.40. The van der Waals surface area contributed by atoms with Gasteiger partial charge in [0.2, 0.25) is 0 Å². The average Bonchev–Trinajstić information content (AvgIpc) is 2.75. The molecular weight excluding hydrogens is 190 g/mol. The second kappa shape index (κ2) is 4.59. The minimum absolute atomic E-state index is 0.251. The highest BCUT2D eigenvalue weighted by molar-refractivity contribution is 5.46. The molecule has 1 aliphatic heterocycles. The highest BCUT2D eigenvalue weighted by atomic mass is 16.5. The molecular formula is C11H17N3O. The summed E-state index contributed by atoms with van der Waals surface area (Å²) in [6, 6.07) is 2.09. The molecule has 0 amide bonds. The third kappa shape index (κ3) is 2.11. The number of hydrogen-bond acceptors (Lipinski definition) is 4. The van der Waals surface area contributed by atoms with Crippen LogP contribution in [0.1, 0.15) is 18.0 Å². The number of pyridine rings is 1. The summed E-state index contributed by atoms with van der Waals surface area (Å²) in [5.74, 6) is 0.501. The SMILES string of the molecule is CNC(c1cnccc1N)C1CCOC1. The van der Waals surface area contributed by atoms with Crippen molar-refractivity contribution in [2.75, 3.05) is 26.0 Å². The van der Waals surface area contributed by atoms with Crippen LogP contribution in [0, 0.1) is 5.92 Å². The number of rotatable bonds is 3. The summed E-state index contributed by atoms with van der Waals surface area (Å²) in [5.41, 5.74) is 7.83. The number of anilines is 1. The number of ether oxygens (including phenoxy) is 1. The lowest BCUT2D eigenvalue weighted by Gasteiger charge is -2.23. The molecule has 4 nitrogen and oxygen atoms in total. The van der Waals surface area contributed by atoms with Crippen LogP contribution in [0.15, 0.2) is 18.5 Å². The van der Waals surface area contributed by atoms with Crippen LogP contribution in [-0.2, 0) is 4.74 Å². The summed E-state index contributed by atoms with van der Waals surface area (Å²) in [7, 11) is 1.95. The first-order valence-electron chi connectivity index (χ1n) is 5.27. The van der Waals surface area contributed by atoms with Gasteiger partial charge in [-0.2, -0.15) is 0 Å². The van der Waals surface area contributed by atoms with Crippen LogP contribution in [0.5, 0.6) is 0 Å². The number of nitrogens with zero attached hydrogens (tertiary/aromatic N) is 1. The number of nitrogens with two attached hydrogens (primary N) is 1. The van der Waals surface area contributed by atoms with E-state index in [9.17, 15) is 0 Å². The Balaban J connectivity index is 2.22. The van der Waals surface area contributed by atoms with Gasteiger partial charge in [0.1, 0.15) is 0 Å². The molecule has 2 unspecified atom stereocenters. The summed E-state index contributed by atoms with van der Waals surface area (Å²) >= 11 is 0. The quantitative estimate of drug-likeness (QED) is 0.775. The van der Waals surface area contributed by atoms with Crippen molar-refractivity contribution in [3.8, 4) is 0 Å². The molecule has 2 atom stereocenters. The molecule has 1 saturated heterocycles. The van der Waals surface area contributed by atoms with E-state index in [0.29, 0.717) is 5.92 Å². The van der Waals surface area contributed by atoms with Crippen molar-refractivity contribution in [2.45, 2.75) is 12.5 Å². The third-order valence-corrected chi connectivity index (χ3v) is 2.97. The van der Waals surface area contributed by atoms with E-state index in [1.54, 1.807) is 6.20 Å². The van der Waals surface area contributed by atoms with Crippen molar-refractivity contribution in [2.24, 2.45) is 5.92 Å². The molecule has 1 aliphatic rings. The molecule has 4 heteroatoms. The second-order valence-corrected chi connectivity index (χ2v) is 3.89. The summed E-state index contributed by atoms with van der Waals surface area (Å²) in [4.78, 5) is 4.12. The molecule has 0 saturated carbocycles. The first kappa shape index (κ1) is 10.4. The number of nitrogens with one attached hydrogen (secondary N) is 1. The third-order valence-electron chi connectivity index (χ3n) is 2.97. The van der Waals surface area contributed by atoms with Gasteiger partial charge in [0.15, 0.2) is 0 Å². The fourth-order valence-corrected chi connectivity index (χ4v) is 2.14. The lowest BCUT2D eigenvalue weighted by molar-refractivity contribution is 0.178. The van der Waals surface area contributed by atoms with E-state index in [-0.39, 0.29) is 6.04 Å². The fourth-order valence-electron chi connectivity index (χ4n) is 2.14. The Hall–Kier alpha value is -1.13. The molecule has 2 rings (SSSR count). The first-order valence-corrected chi connectivity index (χ1v) is 5.27. The lowest BCUT2D eigenvalue weighted by Crippen LogP contribution is -2.26. The Bertz CT molecular complexity index is 323. The Morgan fingerprint density at radius 3 is 3.13 bits per heavy atom. The summed E-state index contributed by atoms with van der Waals surface area (Å²) in [6.45, 7) is 1.66. The summed E-state index contributed by atoms with van der Waals surface area (Å²) in [5, 5.41) is 3.30. The largest absolute Gasteiger partial charge is 0.398 e. The average molecular weight is 207 g/mol. The zero-order chi connectivity index (χ0) is 10.7. The van der Waals surface area contributed by atoms with Gasteiger partial charge in [-0.1, -0.05) is 0 Å². The van der Waals surface area contributed by atoms with Gasteiger partial charge >= 0.3 is 0 Å². The predicted octanol–water partition coefficient (Wildman–Crippen LogP) is 0.961. The Labute approximate surface area is 89.8 Å². The number of nitrogen functional groups attached to an aromatic ring is 1. The van der Waals surface area contributed by atoms with Crippen LogP contribution in [0.2, 0.25) is 0 Å². The van der Waals surface area contributed by atoms with Gasteiger partial charge in [0.25, 0.3) is 0 Å². The van der Waals surface area contributed by atoms with E-state index < -0.39 is 0 Å². The molecule has 0 aliphatic carbocycles. The number of aromatic nitrogens is 1. The van der Waals surface area contributed by atoms with Gasteiger partial charge in [-0.15, -0.1) is 0 Å². The molecule has 3 N–H and O–H groups in total. The standard InChI is InChI=1S/C11H17N3O/c1-13-11(8-3-5-15-7-8)9-6-14-4-2-10(9)12/h2,4,6,8,11,13H,3,5,7H2,1H3,(H2,12,14). The van der Waals surface area contributed by atoms with E-state index in [0.717, 1.165) is 30.9 Å². The maximum absolute atomic E-state index is 5.94. The van der Waals surface area contributed by atoms with E-state index >= 15 is 0 Å². The Morgan fingerprint density at radius 1 is 1.67 bits per heavy atom. The minimum Gasteiger partial charge on any atom is -0.398 e. The first-order chi connectivity index (χ1) is 7.33. The molecule has 1 fully saturated rings. The molecule has 0 aromatic carbocycles. The topological polar surface area (TPSA) is 60.2 Å². The Kier molecular flexibility index (Phi) is 3.18. The van der Waals surface area contributed by atoms with Crippen molar-refractivity contribution in [1.82, 2.24) is 10.3 Å². The van der Waals surface area contributed by atoms with Crippen molar-refractivity contribution in [3.05, 3.63) is 24.0 Å². The van der Waals surface area contributed by atoms with Crippen LogP contribution in [-0.4, -0.2) is 25.2 Å². The Morgan fingerprint density at radius 2 is 2.53 bits per heavy atom. The maximum Gasteiger partial charge on any atom is 0.0513 e. The van der Waals surface area contributed by atoms with Gasteiger partial charge in [0.05, 0.1) is 6.61 Å². The zero-order valence-corrected chi connectivity index (χ0v) is 8.94. The molecule has 15 heavy (non-hydrogen) atoms. The van der Waals surface area contributed by atoms with Gasteiger partial charge in [-0.3, -0.25) is 4.98 Å². The van der Waals surface area contributed by atoms with Crippen molar-refractivity contribution >= 4 is 5.69 Å². The van der Waals surface area contributed by atoms with Crippen LogP contribution >= 0.6 is 0 Å². The molecule has 2 heterocycles. The normalized spacial score (nSPS) is 22.9. The summed E-state index contributed by atoms with van der Waals surface area (Å²) in [6.07, 6.45) is 4.64. The molecule has 0 radical (unpaired) electrons. The maximum atomic E-state index is 5.94. The smallest absolute Gasteiger partial charge is 0.0513 e. The molecule has 0 spiro atoms. The molecule has 1 aromatic rings. The van der Waals surface area contributed by atoms with Crippen molar-refractivity contribution < 1.29 is 4.74 Å². The van der Waals surface area contributed by atoms with Crippen LogP contribution in [0.25, 0.3) is 0 Å². The molecule has 82 valence electrons. The zero-order valence-electron chi connectivity index (χ0n) is 8.94. The van der Waals surface area contributed by atoms with Crippen LogP contribution in [0.3, 0.4) is 0 Å². The van der Waals surface area contributed by atoms with E-state index in [4.69, 9.17) is 10.5 Å². The van der Waals surface area contributed by atoms with Crippen LogP contribution < -0.4 is 11.1 Å². The highest BCUT2D eigenvalue weighted by Gasteiger charge is 2.27. The van der Waals surface area contributed by atoms with Crippen molar-refractivity contribution in [1.29, 1.82) is 0 Å². The molecule has 0 bridgehead atoms.